The number of ether oxygens (including phenoxy) is 2. The lowest BCUT2D eigenvalue weighted by Gasteiger charge is -2.76. The van der Waals surface area contributed by atoms with Gasteiger partial charge in [-0.2, -0.15) is 0 Å². The zero-order chi connectivity index (χ0) is 58.6. The molecule has 0 aromatic heterocycles. The maximum atomic E-state index is 14.8. The second-order valence-corrected chi connectivity index (χ2v) is 29.9. The molecule has 15 nitrogen and oxygen atoms in total. The molecule has 6 rings (SSSR count). The fourth-order valence-corrected chi connectivity index (χ4v) is 19.3. The number of carbonyl (C=O) groups is 4. The van der Waals surface area contributed by atoms with Crippen LogP contribution in [0.5, 0.6) is 0 Å². The fraction of sp³-hybridized carbons (Fsp3) is 0.903. The summed E-state index contributed by atoms with van der Waals surface area (Å²) in [5.41, 5.74) is 0.495. The summed E-state index contributed by atoms with van der Waals surface area (Å²) < 4.78 is 29.5. The third-order valence-electron chi connectivity index (χ3n) is 24.2. The van der Waals surface area contributed by atoms with Crippen LogP contribution in [-0.2, 0) is 37.7 Å². The Bertz CT molecular complexity index is 2210. The standard InChI is InChI=1S/C62H110N5O10P/c1-21-40(8)52(66(18)56(71)50(38(4)5)64-55(70)51(39(6)7)65(16)17)45(75-19)35-48(68)67-34-22-23-44(67)53(76-20)41(9)54(69)63-47-27-28-60(14)46-25-24-43-49-42(37(2)3)26-29-62(49,36-77-78(72,73)74)33-31-58(43,12)59(46,13)30-32-61(60,15)57(47,10)11/h38-47,49-53H,2,21-36H2,1,3-20H3,(H,63,69)(H,64,70)(H2,72,73,74)/p-2/t40-,41+,42-,43?,44?,45+,46?,47-,49+,50-,51-,52-,53+,58+,59+,60+,61-,62+/m0/s1. The van der Waals surface area contributed by atoms with Gasteiger partial charge in [-0.15, -0.1) is 0 Å². The summed E-state index contributed by atoms with van der Waals surface area (Å²) in [5.74, 6) is 0.0117. The van der Waals surface area contributed by atoms with Crippen molar-refractivity contribution in [1.82, 2.24) is 25.3 Å². The van der Waals surface area contributed by atoms with Gasteiger partial charge in [0.1, 0.15) is 6.04 Å². The molecule has 16 heteroatoms. The van der Waals surface area contributed by atoms with E-state index in [9.17, 15) is 33.5 Å². The van der Waals surface area contributed by atoms with Crippen LogP contribution in [0, 0.1) is 79.8 Å². The first kappa shape index (κ1) is 64.8. The van der Waals surface area contributed by atoms with Crippen molar-refractivity contribution in [3.63, 3.8) is 0 Å². The van der Waals surface area contributed by atoms with Crippen molar-refractivity contribution in [3.8, 4) is 0 Å². The molecule has 448 valence electrons. The molecule has 5 saturated carbocycles. The first-order valence-corrected chi connectivity index (χ1v) is 31.8. The molecule has 6 aliphatic rings. The fourth-order valence-electron chi connectivity index (χ4n) is 18.9. The molecule has 0 aromatic rings. The Labute approximate surface area is 472 Å². The van der Waals surface area contributed by atoms with E-state index in [0.29, 0.717) is 24.8 Å². The first-order valence-electron chi connectivity index (χ1n) is 30.3. The molecule has 0 radical (unpaired) electrons. The van der Waals surface area contributed by atoms with Crippen molar-refractivity contribution in [1.29, 1.82) is 0 Å². The highest BCUT2D eigenvalue weighted by Gasteiger charge is 2.73. The zero-order valence-electron chi connectivity index (χ0n) is 52.1. The number of carbonyl (C=O) groups excluding carboxylic acids is 4. The van der Waals surface area contributed by atoms with Gasteiger partial charge < -0.3 is 48.8 Å². The van der Waals surface area contributed by atoms with Gasteiger partial charge in [-0.05, 0) is 172 Å². The SMILES string of the molecule is C=C(C)[C@@H]1CC[C@]2(COP(=O)([O-])[O-])CC[C@]3(C)C(CCC4[C@@]5(C)CC[C@H](NC(=O)[C@H](C)[C@@H](OC)C6CCCN6C(=O)C[C@@H](OC)[C@H]([C@@H](C)CC)N(C)C(=O)[C@@H](NC(=O)[C@H](C(C)C)N(C)C)C(C)C)C(C)(C)[C@]5(C)CC[C@]43C)[C@@H]12. The van der Waals surface area contributed by atoms with E-state index in [1.165, 1.54) is 0 Å². The zero-order valence-corrected chi connectivity index (χ0v) is 52.9. The Kier molecular flexibility index (Phi) is 20.0. The van der Waals surface area contributed by atoms with E-state index < -0.39 is 44.1 Å². The summed E-state index contributed by atoms with van der Waals surface area (Å²) in [6, 6.07) is -2.03. The third kappa shape index (κ3) is 11.4. The smallest absolute Gasteiger partial charge is 0.245 e. The largest absolute Gasteiger partial charge is 0.790 e. The van der Waals surface area contributed by atoms with Crippen LogP contribution in [0.4, 0.5) is 0 Å². The van der Waals surface area contributed by atoms with Gasteiger partial charge in [-0.25, -0.2) is 0 Å². The van der Waals surface area contributed by atoms with Crippen LogP contribution in [0.3, 0.4) is 0 Å². The molecular weight excluding hydrogens is 1010 g/mol. The number of allylic oxidation sites excluding steroid dienone is 1. The number of likely N-dealkylation sites (N-methyl/N-ethyl adjacent to an activating group) is 2. The number of methoxy groups -OCH3 is 2. The van der Waals surface area contributed by atoms with Gasteiger partial charge in [0.15, 0.2) is 0 Å². The van der Waals surface area contributed by atoms with Gasteiger partial charge in [0.2, 0.25) is 23.6 Å². The predicted octanol–water partition coefficient (Wildman–Crippen LogP) is 9.01. The third-order valence-corrected chi connectivity index (χ3v) is 24.6. The van der Waals surface area contributed by atoms with E-state index >= 15 is 0 Å². The molecule has 3 unspecified atom stereocenters. The Morgan fingerprint density at radius 1 is 0.795 bits per heavy atom. The molecule has 2 N–H and O–H groups in total. The number of hydrogen-bond acceptors (Lipinski definition) is 11. The molecule has 0 bridgehead atoms. The Balaban J connectivity index is 1.16. The Hall–Kier alpha value is -2.39. The number of likely N-dealkylation sites (tertiary alicyclic amines) is 1. The summed E-state index contributed by atoms with van der Waals surface area (Å²) in [4.78, 5) is 87.0. The lowest BCUT2D eigenvalue weighted by atomic mass is 9.29. The van der Waals surface area contributed by atoms with E-state index in [4.69, 9.17) is 14.0 Å². The van der Waals surface area contributed by atoms with Crippen molar-refractivity contribution < 1.29 is 47.5 Å². The lowest BCUT2D eigenvalue weighted by Crippen LogP contribution is -2.71. The number of fused-ring (bicyclic) bond motifs is 7. The molecule has 1 saturated heterocycles. The van der Waals surface area contributed by atoms with E-state index in [1.54, 1.807) is 26.2 Å². The number of hydrogen-bond donors (Lipinski definition) is 2. The minimum absolute atomic E-state index is 0.00583. The van der Waals surface area contributed by atoms with Gasteiger partial charge in [-0.1, -0.05) is 109 Å². The highest BCUT2D eigenvalue weighted by molar-refractivity contribution is 7.43. The lowest BCUT2D eigenvalue weighted by molar-refractivity contribution is -0.344. The number of phosphoric ester groups is 1. The van der Waals surface area contributed by atoms with Gasteiger partial charge in [0.25, 0.3) is 0 Å². The Morgan fingerprint density at radius 2 is 1.44 bits per heavy atom. The van der Waals surface area contributed by atoms with E-state index in [2.05, 4.69) is 79.5 Å². The molecule has 1 aliphatic heterocycles. The Morgan fingerprint density at radius 3 is 1.99 bits per heavy atom. The van der Waals surface area contributed by atoms with Crippen LogP contribution in [0.1, 0.15) is 187 Å². The van der Waals surface area contributed by atoms with Crippen molar-refractivity contribution in [2.45, 2.75) is 229 Å². The van der Waals surface area contributed by atoms with Gasteiger partial charge in [0.05, 0.1) is 57.1 Å². The normalized spacial score (nSPS) is 36.3. The van der Waals surface area contributed by atoms with Crippen LogP contribution >= 0.6 is 7.82 Å². The second kappa shape index (κ2) is 24.1. The van der Waals surface area contributed by atoms with Gasteiger partial charge in [0, 0.05) is 33.9 Å². The minimum atomic E-state index is -5.12. The second-order valence-electron chi connectivity index (χ2n) is 28.7. The highest BCUT2D eigenvalue weighted by atomic mass is 31.2. The molecular formula is C62H108N5O10P-2. The minimum Gasteiger partial charge on any atom is -0.790 e. The maximum absolute atomic E-state index is 14.8. The van der Waals surface area contributed by atoms with Crippen LogP contribution in [0.25, 0.3) is 0 Å². The molecule has 5 aliphatic carbocycles. The number of phosphoric acid groups is 1. The predicted molar refractivity (Wildman–Crippen MR) is 304 cm³/mol. The first-order chi connectivity index (χ1) is 36.1. The monoisotopic (exact) mass is 1110 g/mol. The maximum Gasteiger partial charge on any atom is 0.245 e. The molecule has 4 amide bonds. The van der Waals surface area contributed by atoms with Crippen LogP contribution in [0.2, 0.25) is 0 Å². The molecule has 6 fully saturated rings. The molecule has 0 spiro atoms. The van der Waals surface area contributed by atoms with E-state index in [1.807, 2.05) is 58.5 Å². The summed E-state index contributed by atoms with van der Waals surface area (Å²) in [7, 11) is 3.62. The average Bonchev–Trinajstić information content (AvgIpc) is 3.11. The van der Waals surface area contributed by atoms with Crippen LogP contribution < -0.4 is 20.4 Å². The van der Waals surface area contributed by atoms with E-state index in [0.717, 1.165) is 82.6 Å². The number of amides is 4. The summed E-state index contributed by atoms with van der Waals surface area (Å²) >= 11 is 0. The molecule has 78 heavy (non-hydrogen) atoms. The summed E-state index contributed by atoms with van der Waals surface area (Å²) in [6.07, 6.45) is 10.8. The van der Waals surface area contributed by atoms with Gasteiger partial charge >= 0.3 is 0 Å². The van der Waals surface area contributed by atoms with Crippen LogP contribution in [-0.4, -0.2) is 129 Å². The quantitative estimate of drug-likeness (QED) is 0.0777. The molecule has 18 atom stereocenters. The van der Waals surface area contributed by atoms with Crippen LogP contribution in [0.15, 0.2) is 12.2 Å². The highest BCUT2D eigenvalue weighted by Crippen LogP contribution is 2.80. The number of nitrogens with one attached hydrogen (secondary N) is 2. The average molecular weight is 1110 g/mol. The van der Waals surface area contributed by atoms with Crippen molar-refractivity contribution in [2.75, 3.05) is 48.5 Å². The van der Waals surface area contributed by atoms with Crippen molar-refractivity contribution in [2.24, 2.45) is 79.8 Å². The summed E-state index contributed by atoms with van der Waals surface area (Å²) in [6.45, 7) is 36.0. The number of nitrogens with zero attached hydrogens (tertiary/aromatic N) is 3. The molecule has 0 aromatic carbocycles. The van der Waals surface area contributed by atoms with Crippen molar-refractivity contribution in [3.05, 3.63) is 12.2 Å². The number of rotatable bonds is 22. The molecule has 1 heterocycles. The van der Waals surface area contributed by atoms with Gasteiger partial charge in [-0.3, -0.25) is 24.1 Å². The van der Waals surface area contributed by atoms with E-state index in [-0.39, 0.29) is 111 Å². The summed E-state index contributed by atoms with van der Waals surface area (Å²) in [5, 5.41) is 6.70. The topological polar surface area (TPSA) is 193 Å². The van der Waals surface area contributed by atoms with Crippen molar-refractivity contribution >= 4 is 31.5 Å².